The smallest absolute Gasteiger partial charge is 0.276 e. The molecular weight excluding hydrogens is 570 g/mol. The van der Waals surface area contributed by atoms with Crippen molar-refractivity contribution in [3.63, 3.8) is 0 Å². The Balaban J connectivity index is 1.10. The number of hydrogen-bond donors (Lipinski definition) is 0. The molecule has 2 amide bonds. The average Bonchev–Trinajstić information content (AvgIpc) is 3.56. The summed E-state index contributed by atoms with van der Waals surface area (Å²) in [5, 5.41) is 11.6. The van der Waals surface area contributed by atoms with E-state index in [9.17, 15) is 28.1 Å². The fraction of sp³-hybridized carbons (Fsp3) is 0.375. The standard InChI is InChI=1S/C32H35N3O7S/c36-31-26-18-10-11-19-27(26)32(37)33(31)22-14-5-3-1-2-4-9-17-25-23-29(24-15-7-6-8-16-24)42-35(25)43(40,41)30-21-13-12-20-28(30)34(38)39/h6-8,10-13,15-16,18-21,25,29H,1-5,9,14,17,22-23H2/t25-,29+/m1/s1. The molecule has 3 aromatic carbocycles. The van der Waals surface area contributed by atoms with Crippen molar-refractivity contribution in [3.05, 3.63) is 106 Å². The molecule has 0 saturated carbocycles. The second kappa shape index (κ2) is 13.6. The summed E-state index contributed by atoms with van der Waals surface area (Å²) in [7, 11) is -4.28. The SMILES string of the molecule is O=C1c2ccccc2C(=O)N1CCCCCCCCC[C@@H]1C[C@@H](c2ccccc2)ON1S(=O)(=O)c1ccccc1[N+](=O)[O-]. The number of carbonyl (C=O) groups excluding carboxylic acids is 2. The van der Waals surface area contributed by atoms with Gasteiger partial charge in [-0.15, -0.1) is 0 Å². The Morgan fingerprint density at radius 2 is 1.33 bits per heavy atom. The summed E-state index contributed by atoms with van der Waals surface area (Å²) in [5.74, 6) is -0.437. The first-order chi connectivity index (χ1) is 20.8. The lowest BCUT2D eigenvalue weighted by molar-refractivity contribution is -0.387. The van der Waals surface area contributed by atoms with Crippen LogP contribution >= 0.6 is 0 Å². The van der Waals surface area contributed by atoms with Crippen LogP contribution < -0.4 is 0 Å². The minimum atomic E-state index is -4.28. The van der Waals surface area contributed by atoms with E-state index in [0.717, 1.165) is 55.0 Å². The van der Waals surface area contributed by atoms with Gasteiger partial charge in [0.2, 0.25) is 0 Å². The van der Waals surface area contributed by atoms with E-state index < -0.39 is 32.8 Å². The largest absolute Gasteiger partial charge is 0.289 e. The Kier molecular flexibility index (Phi) is 9.64. The lowest BCUT2D eigenvalue weighted by Crippen LogP contribution is -2.34. The van der Waals surface area contributed by atoms with Gasteiger partial charge in [0.15, 0.2) is 4.90 Å². The molecule has 0 bridgehead atoms. The fourth-order valence-electron chi connectivity index (χ4n) is 5.83. The Hall–Kier alpha value is -3.93. The number of nitro benzene ring substituents is 1. The van der Waals surface area contributed by atoms with Crippen molar-refractivity contribution in [1.82, 2.24) is 9.37 Å². The summed E-state index contributed by atoms with van der Waals surface area (Å²) in [6.07, 6.45) is 6.86. The fourth-order valence-corrected chi connectivity index (χ4v) is 7.48. The van der Waals surface area contributed by atoms with Crippen LogP contribution in [0.2, 0.25) is 0 Å². The second-order valence-electron chi connectivity index (χ2n) is 11.0. The molecule has 2 heterocycles. The van der Waals surface area contributed by atoms with Crippen molar-refractivity contribution in [2.45, 2.75) is 74.8 Å². The zero-order valence-electron chi connectivity index (χ0n) is 23.8. The quantitative estimate of drug-likeness (QED) is 0.0894. The van der Waals surface area contributed by atoms with Gasteiger partial charge in [-0.25, -0.2) is 8.42 Å². The number of unbranched alkanes of at least 4 members (excludes halogenated alkanes) is 6. The maximum Gasteiger partial charge on any atom is 0.289 e. The molecule has 0 unspecified atom stereocenters. The number of fused-ring (bicyclic) bond motifs is 1. The van der Waals surface area contributed by atoms with E-state index in [2.05, 4.69) is 0 Å². The normalized spacial score (nSPS) is 18.7. The summed E-state index contributed by atoms with van der Waals surface area (Å²) in [5.41, 5.74) is 1.33. The van der Waals surface area contributed by atoms with Crippen LogP contribution in [0.4, 0.5) is 5.69 Å². The Morgan fingerprint density at radius 3 is 1.98 bits per heavy atom. The molecule has 0 aromatic heterocycles. The number of imide groups is 1. The first kappa shape index (κ1) is 30.5. The molecular formula is C32H35N3O7S. The molecule has 0 N–H and O–H groups in total. The molecule has 1 saturated heterocycles. The monoisotopic (exact) mass is 605 g/mol. The highest BCUT2D eigenvalue weighted by Gasteiger charge is 2.44. The average molecular weight is 606 g/mol. The maximum absolute atomic E-state index is 13.6. The third kappa shape index (κ3) is 6.69. The molecule has 0 spiro atoms. The van der Waals surface area contributed by atoms with E-state index in [1.165, 1.54) is 29.2 Å². The van der Waals surface area contributed by atoms with Gasteiger partial charge in [-0.05, 0) is 43.0 Å². The molecule has 0 aliphatic carbocycles. The van der Waals surface area contributed by atoms with Crippen LogP contribution in [0.5, 0.6) is 0 Å². The number of rotatable bonds is 14. The molecule has 10 nitrogen and oxygen atoms in total. The number of sulfonamides is 1. The van der Waals surface area contributed by atoms with E-state index in [0.29, 0.717) is 30.5 Å². The molecule has 11 heteroatoms. The third-order valence-electron chi connectivity index (χ3n) is 8.06. The van der Waals surface area contributed by atoms with E-state index in [4.69, 9.17) is 4.84 Å². The minimum absolute atomic E-state index is 0.219. The van der Waals surface area contributed by atoms with Crippen molar-refractivity contribution >= 4 is 27.5 Å². The first-order valence-corrected chi connectivity index (χ1v) is 16.2. The van der Waals surface area contributed by atoms with Crippen molar-refractivity contribution in [3.8, 4) is 0 Å². The van der Waals surface area contributed by atoms with Gasteiger partial charge in [0.05, 0.1) is 22.1 Å². The molecule has 3 aromatic rings. The first-order valence-electron chi connectivity index (χ1n) is 14.7. The van der Waals surface area contributed by atoms with Crippen LogP contribution in [0.3, 0.4) is 0 Å². The zero-order chi connectivity index (χ0) is 30.4. The number of hydroxylamine groups is 1. The molecule has 226 valence electrons. The Bertz CT molecular complexity index is 1540. The highest BCUT2D eigenvalue weighted by atomic mass is 32.2. The predicted octanol–water partition coefficient (Wildman–Crippen LogP) is 6.45. The number of carbonyl (C=O) groups is 2. The summed E-state index contributed by atoms with van der Waals surface area (Å²) < 4.78 is 28.3. The van der Waals surface area contributed by atoms with Gasteiger partial charge in [0.25, 0.3) is 27.5 Å². The highest BCUT2D eigenvalue weighted by Crippen LogP contribution is 2.40. The summed E-state index contributed by atoms with van der Waals surface area (Å²) in [6, 6.07) is 21.2. The molecule has 1 fully saturated rings. The molecule has 2 aliphatic rings. The maximum atomic E-state index is 13.6. The van der Waals surface area contributed by atoms with Crippen molar-refractivity contribution < 1.29 is 27.8 Å². The van der Waals surface area contributed by atoms with Gasteiger partial charge in [-0.1, -0.05) is 97.6 Å². The van der Waals surface area contributed by atoms with Crippen LogP contribution in [-0.2, 0) is 14.9 Å². The van der Waals surface area contributed by atoms with E-state index in [1.54, 1.807) is 24.3 Å². The molecule has 0 radical (unpaired) electrons. The second-order valence-corrected chi connectivity index (χ2v) is 12.7. The molecule has 2 aliphatic heterocycles. The Labute approximate surface area is 251 Å². The van der Waals surface area contributed by atoms with Crippen molar-refractivity contribution in [2.24, 2.45) is 0 Å². The summed E-state index contributed by atoms with van der Waals surface area (Å²) in [6.45, 7) is 0.417. The highest BCUT2D eigenvalue weighted by molar-refractivity contribution is 7.89. The van der Waals surface area contributed by atoms with Gasteiger partial charge >= 0.3 is 0 Å². The zero-order valence-corrected chi connectivity index (χ0v) is 24.7. The van der Waals surface area contributed by atoms with Crippen LogP contribution in [0.15, 0.2) is 83.8 Å². The molecule has 43 heavy (non-hydrogen) atoms. The van der Waals surface area contributed by atoms with E-state index in [-0.39, 0.29) is 16.7 Å². The van der Waals surface area contributed by atoms with Crippen molar-refractivity contribution in [2.75, 3.05) is 6.54 Å². The number of benzene rings is 3. The van der Waals surface area contributed by atoms with E-state index >= 15 is 0 Å². The number of hydrogen-bond acceptors (Lipinski definition) is 7. The van der Waals surface area contributed by atoms with Gasteiger partial charge in [0, 0.05) is 12.6 Å². The van der Waals surface area contributed by atoms with Crippen LogP contribution in [0.25, 0.3) is 0 Å². The number of amides is 2. The van der Waals surface area contributed by atoms with Crippen molar-refractivity contribution in [1.29, 1.82) is 0 Å². The summed E-state index contributed by atoms with van der Waals surface area (Å²) >= 11 is 0. The predicted molar refractivity (Wildman–Crippen MR) is 160 cm³/mol. The molecule has 2 atom stereocenters. The number of nitro groups is 1. The minimum Gasteiger partial charge on any atom is -0.276 e. The Morgan fingerprint density at radius 1 is 0.767 bits per heavy atom. The van der Waals surface area contributed by atoms with Crippen LogP contribution in [-0.4, -0.2) is 47.1 Å². The van der Waals surface area contributed by atoms with Crippen LogP contribution in [0, 0.1) is 10.1 Å². The number of para-hydroxylation sites is 1. The molecule has 5 rings (SSSR count). The van der Waals surface area contributed by atoms with Gasteiger partial charge in [-0.2, -0.15) is 0 Å². The third-order valence-corrected chi connectivity index (χ3v) is 9.82. The van der Waals surface area contributed by atoms with Gasteiger partial charge < -0.3 is 0 Å². The van der Waals surface area contributed by atoms with Crippen LogP contribution in [0.1, 0.15) is 90.2 Å². The topological polar surface area (TPSA) is 127 Å². The van der Waals surface area contributed by atoms with Gasteiger partial charge in [-0.3, -0.25) is 29.4 Å². The lowest BCUT2D eigenvalue weighted by Gasteiger charge is -2.22. The lowest BCUT2D eigenvalue weighted by atomic mass is 9.99. The van der Waals surface area contributed by atoms with E-state index in [1.807, 2.05) is 30.3 Å². The number of nitrogens with zero attached hydrogens (tertiary/aromatic N) is 3. The summed E-state index contributed by atoms with van der Waals surface area (Å²) in [4.78, 5) is 42.8. The van der Waals surface area contributed by atoms with Gasteiger partial charge in [0.1, 0.15) is 6.10 Å².